The van der Waals surface area contributed by atoms with Crippen molar-refractivity contribution < 1.29 is 4.79 Å². The van der Waals surface area contributed by atoms with Crippen LogP contribution in [0.15, 0.2) is 18.3 Å². The number of rotatable bonds is 4. The van der Waals surface area contributed by atoms with Gasteiger partial charge < -0.3 is 10.6 Å². The van der Waals surface area contributed by atoms with E-state index in [1.165, 1.54) is 0 Å². The number of carbonyl (C=O) groups excluding carboxylic acids is 1. The molecule has 4 heteroatoms. The van der Waals surface area contributed by atoms with Crippen molar-refractivity contribution in [2.75, 3.05) is 18.8 Å². The Kier molecular flexibility index (Phi) is 4.34. The molecule has 1 rings (SSSR count). The summed E-state index contributed by atoms with van der Waals surface area (Å²) in [6, 6.07) is 3.34. The van der Waals surface area contributed by atoms with Crippen molar-refractivity contribution in [3.05, 3.63) is 24.0 Å². The van der Waals surface area contributed by atoms with E-state index in [4.69, 9.17) is 12.2 Å². The molecule has 0 atom stereocenters. The number of anilines is 1. The molecule has 1 amide bonds. The fraction of sp³-hybridized carbons (Fsp3) is 0.333. The predicted molar refractivity (Wildman–Crippen MR) is 63.7 cm³/mol. The van der Waals surface area contributed by atoms with E-state index in [0.717, 1.165) is 6.42 Å². The molecule has 0 spiro atoms. The molecule has 0 aliphatic rings. The monoisotopic (exact) mass is 217 g/mol. The number of nitrogen functional groups attached to an aromatic ring is 1. The highest BCUT2D eigenvalue weighted by Crippen LogP contribution is 2.10. The molecular weight excluding hydrogens is 202 g/mol. The van der Waals surface area contributed by atoms with Gasteiger partial charge in [0.05, 0.1) is 12.2 Å². The van der Waals surface area contributed by atoms with Crippen molar-refractivity contribution in [2.45, 2.75) is 13.3 Å². The summed E-state index contributed by atoms with van der Waals surface area (Å²) in [6.45, 7) is 2.88. The topological polar surface area (TPSA) is 59.2 Å². The lowest BCUT2D eigenvalue weighted by Gasteiger charge is -2.19. The largest absolute Gasteiger partial charge is 0.397 e. The first-order valence-corrected chi connectivity index (χ1v) is 5.14. The standard InChI is InChI=1S/C12H15N3O/c1-3-8-15(9-4-2)12(16)11-10(13)6-5-7-14-11/h1,5-7H,4,8-9,13H2,2H3. The highest BCUT2D eigenvalue weighted by Gasteiger charge is 2.17. The molecule has 1 aromatic rings. The Labute approximate surface area is 95.5 Å². The van der Waals surface area contributed by atoms with Crippen LogP contribution in [-0.2, 0) is 0 Å². The van der Waals surface area contributed by atoms with Gasteiger partial charge >= 0.3 is 0 Å². The van der Waals surface area contributed by atoms with Gasteiger partial charge in [-0.15, -0.1) is 6.42 Å². The Morgan fingerprint density at radius 1 is 1.69 bits per heavy atom. The highest BCUT2D eigenvalue weighted by atomic mass is 16.2. The normalized spacial score (nSPS) is 9.50. The molecule has 0 saturated heterocycles. The van der Waals surface area contributed by atoms with E-state index in [0.29, 0.717) is 12.2 Å². The van der Waals surface area contributed by atoms with Gasteiger partial charge in [0.15, 0.2) is 5.69 Å². The van der Waals surface area contributed by atoms with Gasteiger partial charge in [-0.05, 0) is 18.6 Å². The molecule has 0 fully saturated rings. The Bertz CT molecular complexity index is 409. The van der Waals surface area contributed by atoms with Crippen molar-refractivity contribution in [3.63, 3.8) is 0 Å². The van der Waals surface area contributed by atoms with Crippen LogP contribution < -0.4 is 5.73 Å². The molecule has 1 aromatic heterocycles. The van der Waals surface area contributed by atoms with Gasteiger partial charge in [-0.3, -0.25) is 4.79 Å². The third-order valence-corrected chi connectivity index (χ3v) is 2.10. The second-order valence-corrected chi connectivity index (χ2v) is 3.37. The number of pyridine rings is 1. The van der Waals surface area contributed by atoms with Gasteiger partial charge in [0, 0.05) is 12.7 Å². The third-order valence-electron chi connectivity index (χ3n) is 2.10. The quantitative estimate of drug-likeness (QED) is 0.770. The first kappa shape index (κ1) is 12.1. The summed E-state index contributed by atoms with van der Waals surface area (Å²) in [6.07, 6.45) is 7.61. The maximum atomic E-state index is 12.0. The number of nitrogens with zero attached hydrogens (tertiary/aromatic N) is 2. The molecule has 0 aliphatic carbocycles. The predicted octanol–water partition coefficient (Wildman–Crippen LogP) is 1.15. The lowest BCUT2D eigenvalue weighted by molar-refractivity contribution is 0.0772. The van der Waals surface area contributed by atoms with Crippen molar-refractivity contribution in [3.8, 4) is 12.3 Å². The maximum absolute atomic E-state index is 12.0. The smallest absolute Gasteiger partial charge is 0.275 e. The van der Waals surface area contributed by atoms with Crippen LogP contribution >= 0.6 is 0 Å². The molecule has 0 aliphatic heterocycles. The van der Waals surface area contributed by atoms with Gasteiger partial charge in [0.1, 0.15) is 0 Å². The average molecular weight is 217 g/mol. The van der Waals surface area contributed by atoms with Gasteiger partial charge in [0.25, 0.3) is 5.91 Å². The molecule has 0 aromatic carbocycles. The fourth-order valence-electron chi connectivity index (χ4n) is 1.38. The van der Waals surface area contributed by atoms with Gasteiger partial charge in [0.2, 0.25) is 0 Å². The molecular formula is C12H15N3O. The first-order valence-electron chi connectivity index (χ1n) is 5.14. The number of hydrogen-bond donors (Lipinski definition) is 1. The number of aromatic nitrogens is 1. The SMILES string of the molecule is C#CCN(CCC)C(=O)c1ncccc1N. The average Bonchev–Trinajstić information content (AvgIpc) is 2.28. The Hall–Kier alpha value is -2.02. The summed E-state index contributed by atoms with van der Waals surface area (Å²) in [5.74, 6) is 2.25. The number of carbonyl (C=O) groups is 1. The second-order valence-electron chi connectivity index (χ2n) is 3.37. The molecule has 0 saturated carbocycles. The van der Waals surface area contributed by atoms with E-state index >= 15 is 0 Å². The number of hydrogen-bond acceptors (Lipinski definition) is 3. The summed E-state index contributed by atoms with van der Waals surface area (Å²) in [5, 5.41) is 0. The highest BCUT2D eigenvalue weighted by molar-refractivity contribution is 5.97. The van der Waals surface area contributed by atoms with Crippen LogP contribution in [0.4, 0.5) is 5.69 Å². The van der Waals surface area contributed by atoms with Gasteiger partial charge in [-0.1, -0.05) is 12.8 Å². The van der Waals surface area contributed by atoms with Crippen molar-refractivity contribution in [1.82, 2.24) is 9.88 Å². The van der Waals surface area contributed by atoms with Crippen LogP contribution in [-0.4, -0.2) is 28.9 Å². The minimum absolute atomic E-state index is 0.210. The third kappa shape index (κ3) is 2.74. The van der Waals surface area contributed by atoms with E-state index in [1.807, 2.05) is 6.92 Å². The molecule has 84 valence electrons. The fourth-order valence-corrected chi connectivity index (χ4v) is 1.38. The summed E-state index contributed by atoms with van der Waals surface area (Å²) in [7, 11) is 0. The number of terminal acetylenes is 1. The van der Waals surface area contributed by atoms with Crippen molar-refractivity contribution >= 4 is 11.6 Å². The minimum atomic E-state index is -0.210. The molecule has 1 heterocycles. The van der Waals surface area contributed by atoms with Crippen LogP contribution in [0.5, 0.6) is 0 Å². The van der Waals surface area contributed by atoms with Crippen LogP contribution in [0.3, 0.4) is 0 Å². The lowest BCUT2D eigenvalue weighted by atomic mass is 10.2. The Morgan fingerprint density at radius 2 is 2.44 bits per heavy atom. The van der Waals surface area contributed by atoms with Crippen LogP contribution in [0.25, 0.3) is 0 Å². The maximum Gasteiger partial charge on any atom is 0.275 e. The summed E-state index contributed by atoms with van der Waals surface area (Å²) < 4.78 is 0. The first-order chi connectivity index (χ1) is 7.70. The minimum Gasteiger partial charge on any atom is -0.397 e. The molecule has 0 bridgehead atoms. The summed E-state index contributed by atoms with van der Waals surface area (Å²) in [4.78, 5) is 17.6. The zero-order valence-electron chi connectivity index (χ0n) is 9.31. The Morgan fingerprint density at radius 3 is 3.00 bits per heavy atom. The second kappa shape index (κ2) is 5.76. The molecule has 2 N–H and O–H groups in total. The van der Waals surface area contributed by atoms with Crippen LogP contribution in [0.2, 0.25) is 0 Å². The molecule has 0 unspecified atom stereocenters. The van der Waals surface area contributed by atoms with Crippen LogP contribution in [0, 0.1) is 12.3 Å². The van der Waals surface area contributed by atoms with Gasteiger partial charge in [-0.25, -0.2) is 4.98 Å². The summed E-state index contributed by atoms with van der Waals surface area (Å²) in [5.41, 5.74) is 6.34. The van der Waals surface area contributed by atoms with E-state index in [1.54, 1.807) is 23.2 Å². The van der Waals surface area contributed by atoms with Crippen molar-refractivity contribution in [1.29, 1.82) is 0 Å². The molecule has 16 heavy (non-hydrogen) atoms. The van der Waals surface area contributed by atoms with Crippen molar-refractivity contribution in [2.24, 2.45) is 0 Å². The van der Waals surface area contributed by atoms with E-state index in [-0.39, 0.29) is 18.1 Å². The van der Waals surface area contributed by atoms with E-state index < -0.39 is 0 Å². The van der Waals surface area contributed by atoms with E-state index in [2.05, 4.69) is 10.9 Å². The zero-order valence-corrected chi connectivity index (χ0v) is 9.31. The van der Waals surface area contributed by atoms with E-state index in [9.17, 15) is 4.79 Å². The molecule has 4 nitrogen and oxygen atoms in total. The lowest BCUT2D eigenvalue weighted by Crippen LogP contribution is -2.33. The van der Waals surface area contributed by atoms with Gasteiger partial charge in [-0.2, -0.15) is 0 Å². The molecule has 0 radical (unpaired) electrons. The van der Waals surface area contributed by atoms with Crippen LogP contribution in [0.1, 0.15) is 23.8 Å². The zero-order chi connectivity index (χ0) is 12.0. The summed E-state index contributed by atoms with van der Waals surface area (Å²) >= 11 is 0. The Balaban J connectivity index is 2.91. The number of amides is 1. The number of nitrogens with two attached hydrogens (primary N) is 1.